The molecule has 2 fully saturated rings. The molecule has 0 aromatic heterocycles. The van der Waals surface area contributed by atoms with Gasteiger partial charge < -0.3 is 10.8 Å². The average Bonchev–Trinajstić information content (AvgIpc) is 2.39. The average molecular weight is 240 g/mol. The van der Waals surface area contributed by atoms with Gasteiger partial charge in [0.1, 0.15) is 0 Å². The number of hydrogen-bond donors (Lipinski definition) is 2. The fourth-order valence-corrected chi connectivity index (χ4v) is 3.68. The smallest absolute Gasteiger partial charge is 0.0471 e. The number of hydrogen-bond acceptors (Lipinski definition) is 3. The molecular formula is C14H28N2O. The molecule has 1 heterocycles. The van der Waals surface area contributed by atoms with Gasteiger partial charge in [-0.25, -0.2) is 0 Å². The molecule has 1 saturated carbocycles. The predicted octanol–water partition coefficient (Wildman–Crippen LogP) is 1.45. The summed E-state index contributed by atoms with van der Waals surface area (Å²) in [6.45, 7) is 5.85. The molecule has 2 rings (SSSR count). The molecular weight excluding hydrogens is 212 g/mol. The second-order valence-corrected chi connectivity index (χ2v) is 6.17. The SMILES string of the molecule is CC1CCC(CN)C(N2CCCC(CO)C2)C1. The first-order valence-electron chi connectivity index (χ1n) is 7.29. The summed E-state index contributed by atoms with van der Waals surface area (Å²) in [5, 5.41) is 9.33. The number of piperidine rings is 1. The molecule has 3 heteroatoms. The van der Waals surface area contributed by atoms with Crippen LogP contribution in [0.2, 0.25) is 0 Å². The van der Waals surface area contributed by atoms with Crippen LogP contribution in [0.15, 0.2) is 0 Å². The van der Waals surface area contributed by atoms with Crippen LogP contribution < -0.4 is 5.73 Å². The Labute approximate surface area is 105 Å². The molecule has 2 aliphatic rings. The lowest BCUT2D eigenvalue weighted by Crippen LogP contribution is -2.50. The molecule has 4 atom stereocenters. The number of aliphatic hydroxyl groups excluding tert-OH is 1. The van der Waals surface area contributed by atoms with Crippen LogP contribution in [0.25, 0.3) is 0 Å². The van der Waals surface area contributed by atoms with Crippen molar-refractivity contribution in [2.45, 2.75) is 45.1 Å². The van der Waals surface area contributed by atoms with Crippen molar-refractivity contribution in [1.82, 2.24) is 4.90 Å². The van der Waals surface area contributed by atoms with E-state index in [1.807, 2.05) is 0 Å². The summed E-state index contributed by atoms with van der Waals surface area (Å²) in [6.07, 6.45) is 6.38. The van der Waals surface area contributed by atoms with Crippen molar-refractivity contribution in [3.05, 3.63) is 0 Å². The van der Waals surface area contributed by atoms with Crippen LogP contribution in [-0.2, 0) is 0 Å². The van der Waals surface area contributed by atoms with Gasteiger partial charge >= 0.3 is 0 Å². The quantitative estimate of drug-likeness (QED) is 0.785. The molecule has 0 radical (unpaired) electrons. The van der Waals surface area contributed by atoms with E-state index in [9.17, 15) is 5.11 Å². The Morgan fingerprint density at radius 3 is 2.82 bits per heavy atom. The minimum Gasteiger partial charge on any atom is -0.396 e. The van der Waals surface area contributed by atoms with Gasteiger partial charge in [-0.3, -0.25) is 4.90 Å². The second kappa shape index (κ2) is 6.17. The number of likely N-dealkylation sites (tertiary alicyclic amines) is 1. The monoisotopic (exact) mass is 240 g/mol. The van der Waals surface area contributed by atoms with E-state index in [0.717, 1.165) is 19.0 Å². The van der Waals surface area contributed by atoms with E-state index in [1.165, 1.54) is 38.6 Å². The van der Waals surface area contributed by atoms with Crippen molar-refractivity contribution in [3.8, 4) is 0 Å². The van der Waals surface area contributed by atoms with Crippen molar-refractivity contribution >= 4 is 0 Å². The van der Waals surface area contributed by atoms with Crippen molar-refractivity contribution in [1.29, 1.82) is 0 Å². The molecule has 4 unspecified atom stereocenters. The molecule has 0 aromatic rings. The van der Waals surface area contributed by atoms with Gasteiger partial charge in [0.25, 0.3) is 0 Å². The van der Waals surface area contributed by atoms with Crippen LogP contribution in [0.1, 0.15) is 39.0 Å². The first-order chi connectivity index (χ1) is 8.24. The zero-order valence-corrected chi connectivity index (χ0v) is 11.1. The fraction of sp³-hybridized carbons (Fsp3) is 1.00. The topological polar surface area (TPSA) is 49.5 Å². The van der Waals surface area contributed by atoms with Crippen molar-refractivity contribution < 1.29 is 5.11 Å². The summed E-state index contributed by atoms with van der Waals surface area (Å²) in [4.78, 5) is 2.62. The molecule has 1 aliphatic carbocycles. The minimum absolute atomic E-state index is 0.353. The van der Waals surface area contributed by atoms with E-state index in [4.69, 9.17) is 5.73 Å². The predicted molar refractivity (Wildman–Crippen MR) is 70.7 cm³/mol. The Morgan fingerprint density at radius 1 is 1.29 bits per heavy atom. The molecule has 0 bridgehead atoms. The Morgan fingerprint density at radius 2 is 2.12 bits per heavy atom. The second-order valence-electron chi connectivity index (χ2n) is 6.17. The van der Waals surface area contributed by atoms with Gasteiger partial charge in [-0.15, -0.1) is 0 Å². The largest absolute Gasteiger partial charge is 0.396 e. The van der Waals surface area contributed by atoms with Crippen LogP contribution in [0.5, 0.6) is 0 Å². The van der Waals surface area contributed by atoms with Crippen LogP contribution in [0.3, 0.4) is 0 Å². The third-order valence-electron chi connectivity index (χ3n) is 4.80. The van der Waals surface area contributed by atoms with Gasteiger partial charge in [0.15, 0.2) is 0 Å². The van der Waals surface area contributed by atoms with Crippen LogP contribution in [-0.4, -0.2) is 42.3 Å². The molecule has 1 aliphatic heterocycles. The lowest BCUT2D eigenvalue weighted by Gasteiger charge is -2.45. The zero-order chi connectivity index (χ0) is 12.3. The zero-order valence-electron chi connectivity index (χ0n) is 11.1. The molecule has 3 nitrogen and oxygen atoms in total. The lowest BCUT2D eigenvalue weighted by molar-refractivity contribution is 0.0352. The van der Waals surface area contributed by atoms with Crippen LogP contribution in [0.4, 0.5) is 0 Å². The van der Waals surface area contributed by atoms with Gasteiger partial charge in [-0.05, 0) is 56.5 Å². The summed E-state index contributed by atoms with van der Waals surface area (Å²) in [7, 11) is 0. The minimum atomic E-state index is 0.353. The summed E-state index contributed by atoms with van der Waals surface area (Å²) in [6, 6.07) is 0.679. The van der Waals surface area contributed by atoms with Gasteiger partial charge in [0, 0.05) is 19.2 Å². The number of aliphatic hydroxyl groups is 1. The van der Waals surface area contributed by atoms with Gasteiger partial charge in [0.2, 0.25) is 0 Å². The van der Waals surface area contributed by atoms with Gasteiger partial charge in [-0.2, -0.15) is 0 Å². The Balaban J connectivity index is 1.97. The highest BCUT2D eigenvalue weighted by Gasteiger charge is 2.34. The van der Waals surface area contributed by atoms with Gasteiger partial charge in [-0.1, -0.05) is 13.3 Å². The number of nitrogens with two attached hydrogens (primary N) is 1. The maximum atomic E-state index is 9.33. The molecule has 3 N–H and O–H groups in total. The standard InChI is InChI=1S/C14H28N2O/c1-11-4-5-13(8-15)14(7-11)16-6-2-3-12(9-16)10-17/h11-14,17H,2-10,15H2,1H3. The molecule has 1 saturated heterocycles. The molecule has 100 valence electrons. The Kier molecular flexibility index (Phi) is 4.83. The third-order valence-corrected chi connectivity index (χ3v) is 4.80. The van der Waals surface area contributed by atoms with Gasteiger partial charge in [0.05, 0.1) is 0 Å². The van der Waals surface area contributed by atoms with Crippen molar-refractivity contribution in [2.75, 3.05) is 26.2 Å². The highest BCUT2D eigenvalue weighted by Crippen LogP contribution is 2.33. The van der Waals surface area contributed by atoms with Crippen LogP contribution in [0, 0.1) is 17.8 Å². The number of rotatable bonds is 3. The summed E-state index contributed by atoms with van der Waals surface area (Å²) in [5.74, 6) is 2.03. The maximum absolute atomic E-state index is 9.33. The number of nitrogens with zero attached hydrogens (tertiary/aromatic N) is 1. The summed E-state index contributed by atoms with van der Waals surface area (Å²) < 4.78 is 0. The Bertz CT molecular complexity index is 234. The van der Waals surface area contributed by atoms with E-state index < -0.39 is 0 Å². The first-order valence-corrected chi connectivity index (χ1v) is 7.29. The van der Waals surface area contributed by atoms with Crippen molar-refractivity contribution in [2.24, 2.45) is 23.5 Å². The summed E-state index contributed by atoms with van der Waals surface area (Å²) in [5.41, 5.74) is 5.94. The Hall–Kier alpha value is -0.120. The van der Waals surface area contributed by atoms with E-state index in [-0.39, 0.29) is 0 Å². The molecule has 0 aromatic carbocycles. The summed E-state index contributed by atoms with van der Waals surface area (Å²) >= 11 is 0. The maximum Gasteiger partial charge on any atom is 0.0471 e. The molecule has 0 spiro atoms. The first kappa shape index (κ1) is 13.3. The highest BCUT2D eigenvalue weighted by atomic mass is 16.3. The lowest BCUT2D eigenvalue weighted by atomic mass is 9.77. The van der Waals surface area contributed by atoms with E-state index in [0.29, 0.717) is 24.5 Å². The van der Waals surface area contributed by atoms with E-state index in [1.54, 1.807) is 0 Å². The normalized spacial score (nSPS) is 40.4. The third kappa shape index (κ3) is 3.21. The molecule has 17 heavy (non-hydrogen) atoms. The van der Waals surface area contributed by atoms with Crippen molar-refractivity contribution in [3.63, 3.8) is 0 Å². The fourth-order valence-electron chi connectivity index (χ4n) is 3.68. The molecule has 0 amide bonds. The van der Waals surface area contributed by atoms with E-state index >= 15 is 0 Å². The highest BCUT2D eigenvalue weighted by molar-refractivity contribution is 4.88. The van der Waals surface area contributed by atoms with Crippen LogP contribution >= 0.6 is 0 Å². The van der Waals surface area contributed by atoms with E-state index in [2.05, 4.69) is 11.8 Å².